The van der Waals surface area contributed by atoms with Crippen LogP contribution in [-0.4, -0.2) is 48.5 Å². The Balaban J connectivity index is 1.11. The molecule has 2 amide bonds. The smallest absolute Gasteiger partial charge is 0.419 e. The van der Waals surface area contributed by atoms with Crippen molar-refractivity contribution in [3.8, 4) is 5.75 Å². The SMILES string of the molecule is CC1(C)Cc2cc(C3=NOC4CCOCC34)cc(C(=O)N[C@H]3[C@@H](C(=O)Nc4ccc(F)c(C(F)(F)F)c4)[C@H]4CC[C@@H]3/C4=C\C3CC3)c2O1. The number of carbonyl (C=O) groups excluding carboxylic acids is 2. The number of hydrogen-bond acceptors (Lipinski definition) is 6. The molecule has 0 spiro atoms. The van der Waals surface area contributed by atoms with E-state index >= 15 is 0 Å². The van der Waals surface area contributed by atoms with Gasteiger partial charge in [0.2, 0.25) is 5.91 Å². The maximum atomic E-state index is 14.4. The van der Waals surface area contributed by atoms with Crippen LogP contribution in [0.1, 0.15) is 73.0 Å². The third-order valence-electron chi connectivity index (χ3n) is 10.7. The average Bonchev–Trinajstić information content (AvgIpc) is 3.33. The number of nitrogens with one attached hydrogen (secondary N) is 2. The number of halogens is 4. The molecule has 1 saturated heterocycles. The van der Waals surface area contributed by atoms with Gasteiger partial charge in [-0.25, -0.2) is 4.39 Å². The molecule has 3 aliphatic carbocycles. The molecule has 4 fully saturated rings. The molecule has 0 aromatic heterocycles. The van der Waals surface area contributed by atoms with Crippen LogP contribution in [0, 0.1) is 35.4 Å². The van der Waals surface area contributed by atoms with Crippen LogP contribution in [0.25, 0.3) is 0 Å². The number of hydrogen-bond donors (Lipinski definition) is 2. The highest BCUT2D eigenvalue weighted by Gasteiger charge is 2.55. The number of carbonyl (C=O) groups is 2. The van der Waals surface area contributed by atoms with Crippen LogP contribution >= 0.6 is 0 Å². The molecule has 254 valence electrons. The second-order valence-electron chi connectivity index (χ2n) is 14.6. The number of anilines is 1. The van der Waals surface area contributed by atoms with Gasteiger partial charge in [-0.05, 0) is 87.3 Å². The summed E-state index contributed by atoms with van der Waals surface area (Å²) < 4.78 is 66.4. The summed E-state index contributed by atoms with van der Waals surface area (Å²) in [5, 5.41) is 10.2. The highest BCUT2D eigenvalue weighted by atomic mass is 19.4. The number of oxime groups is 1. The predicted octanol–water partition coefficient (Wildman–Crippen LogP) is 6.43. The normalized spacial score (nSPS) is 30.7. The van der Waals surface area contributed by atoms with E-state index in [1.165, 1.54) is 0 Å². The van der Waals surface area contributed by atoms with E-state index in [0.29, 0.717) is 49.0 Å². The number of ether oxygens (including phenoxy) is 2. The van der Waals surface area contributed by atoms with Crippen molar-refractivity contribution >= 4 is 23.2 Å². The molecule has 2 aromatic rings. The molecule has 2 bridgehead atoms. The molecule has 3 aliphatic heterocycles. The first kappa shape index (κ1) is 31.3. The van der Waals surface area contributed by atoms with Gasteiger partial charge >= 0.3 is 6.18 Å². The predicted molar refractivity (Wildman–Crippen MR) is 167 cm³/mol. The number of rotatable bonds is 6. The van der Waals surface area contributed by atoms with Crippen LogP contribution in [-0.2, 0) is 27.0 Å². The molecule has 48 heavy (non-hydrogen) atoms. The summed E-state index contributed by atoms with van der Waals surface area (Å²) in [7, 11) is 0. The molecule has 8 rings (SSSR count). The quantitative estimate of drug-likeness (QED) is 0.274. The molecule has 2 aromatic carbocycles. The maximum Gasteiger partial charge on any atom is 0.419 e. The van der Waals surface area contributed by atoms with Crippen LogP contribution in [0.5, 0.6) is 5.75 Å². The number of fused-ring (bicyclic) bond motifs is 4. The summed E-state index contributed by atoms with van der Waals surface area (Å²) in [5.74, 6) is -2.43. The van der Waals surface area contributed by atoms with Crippen LogP contribution in [0.15, 0.2) is 47.1 Å². The zero-order valence-corrected chi connectivity index (χ0v) is 26.7. The minimum atomic E-state index is -4.92. The summed E-state index contributed by atoms with van der Waals surface area (Å²) >= 11 is 0. The van der Waals surface area contributed by atoms with Crippen LogP contribution < -0.4 is 15.4 Å². The molecule has 2 unspecified atom stereocenters. The fraction of sp³-hybridized carbons (Fsp3) is 0.528. The lowest BCUT2D eigenvalue weighted by Crippen LogP contribution is -2.48. The van der Waals surface area contributed by atoms with E-state index < -0.39 is 46.9 Å². The maximum absolute atomic E-state index is 14.4. The molecular weight excluding hydrogens is 630 g/mol. The molecule has 3 saturated carbocycles. The van der Waals surface area contributed by atoms with Gasteiger partial charge in [0.15, 0.2) is 0 Å². The number of alkyl halides is 3. The lowest BCUT2D eigenvalue weighted by atomic mass is 9.83. The highest BCUT2D eigenvalue weighted by molar-refractivity contribution is 6.07. The zero-order chi connectivity index (χ0) is 33.5. The molecular formula is C36H37F4N3O5. The van der Waals surface area contributed by atoms with Crippen molar-refractivity contribution in [3.05, 3.63) is 70.1 Å². The molecule has 8 nitrogen and oxygen atoms in total. The number of nitrogens with zero attached hydrogens (tertiary/aromatic N) is 1. The van der Waals surface area contributed by atoms with Gasteiger partial charge in [0, 0.05) is 36.1 Å². The summed E-state index contributed by atoms with van der Waals surface area (Å²) in [4.78, 5) is 34.0. The fourth-order valence-electron chi connectivity index (χ4n) is 8.42. The lowest BCUT2D eigenvalue weighted by molar-refractivity contribution is -0.140. The monoisotopic (exact) mass is 667 g/mol. The third kappa shape index (κ3) is 5.55. The van der Waals surface area contributed by atoms with Gasteiger partial charge in [0.1, 0.15) is 23.3 Å². The van der Waals surface area contributed by atoms with Crippen LogP contribution in [0.4, 0.5) is 23.2 Å². The van der Waals surface area contributed by atoms with Crippen molar-refractivity contribution in [2.75, 3.05) is 18.5 Å². The van der Waals surface area contributed by atoms with E-state index in [9.17, 15) is 27.2 Å². The van der Waals surface area contributed by atoms with Gasteiger partial charge in [-0.3, -0.25) is 9.59 Å². The van der Waals surface area contributed by atoms with Gasteiger partial charge in [-0.15, -0.1) is 0 Å². The number of benzene rings is 2. The van der Waals surface area contributed by atoms with Crippen LogP contribution in [0.2, 0.25) is 0 Å². The van der Waals surface area contributed by atoms with E-state index in [1.807, 2.05) is 19.9 Å². The first-order chi connectivity index (χ1) is 22.9. The van der Waals surface area contributed by atoms with Gasteiger partial charge in [-0.2, -0.15) is 13.2 Å². The summed E-state index contributed by atoms with van der Waals surface area (Å²) in [6.45, 7) is 4.99. The topological polar surface area (TPSA) is 98.3 Å². The van der Waals surface area contributed by atoms with Crippen molar-refractivity contribution in [2.24, 2.45) is 34.7 Å². The van der Waals surface area contributed by atoms with E-state index in [2.05, 4.69) is 21.9 Å². The highest BCUT2D eigenvalue weighted by Crippen LogP contribution is 2.55. The van der Waals surface area contributed by atoms with Gasteiger partial charge in [0.25, 0.3) is 5.91 Å². The Morgan fingerprint density at radius 3 is 2.58 bits per heavy atom. The van der Waals surface area contributed by atoms with Crippen molar-refractivity contribution in [1.29, 1.82) is 0 Å². The molecule has 12 heteroatoms. The van der Waals surface area contributed by atoms with Gasteiger partial charge in [0.05, 0.1) is 41.9 Å². The third-order valence-corrected chi connectivity index (χ3v) is 10.7. The second kappa shape index (κ2) is 11.3. The first-order valence-corrected chi connectivity index (χ1v) is 16.7. The molecule has 6 atom stereocenters. The Kier molecular flexibility index (Phi) is 7.39. The van der Waals surface area contributed by atoms with Crippen molar-refractivity contribution in [3.63, 3.8) is 0 Å². The first-order valence-electron chi connectivity index (χ1n) is 16.7. The van der Waals surface area contributed by atoms with Crippen molar-refractivity contribution in [1.82, 2.24) is 5.32 Å². The van der Waals surface area contributed by atoms with Crippen LogP contribution in [0.3, 0.4) is 0 Å². The Hall–Kier alpha value is -3.93. The Morgan fingerprint density at radius 1 is 1.02 bits per heavy atom. The lowest BCUT2D eigenvalue weighted by Gasteiger charge is -2.30. The number of amides is 2. The zero-order valence-electron chi connectivity index (χ0n) is 26.7. The summed E-state index contributed by atoms with van der Waals surface area (Å²) in [6, 6.07) is 5.61. The van der Waals surface area contributed by atoms with E-state index in [1.54, 1.807) is 6.07 Å². The van der Waals surface area contributed by atoms with E-state index in [0.717, 1.165) is 60.6 Å². The van der Waals surface area contributed by atoms with Gasteiger partial charge < -0.3 is 24.9 Å². The fourth-order valence-corrected chi connectivity index (χ4v) is 8.42. The Labute approximate surface area is 275 Å². The van der Waals surface area contributed by atoms with Crippen molar-refractivity contribution in [2.45, 2.75) is 76.3 Å². The van der Waals surface area contributed by atoms with E-state index in [4.69, 9.17) is 14.3 Å². The second-order valence-corrected chi connectivity index (χ2v) is 14.6. The summed E-state index contributed by atoms with van der Waals surface area (Å²) in [6.07, 6.45) is 2.21. The average molecular weight is 668 g/mol. The number of allylic oxidation sites excluding steroid dienone is 1. The summed E-state index contributed by atoms with van der Waals surface area (Å²) in [5.41, 5.74) is 1.68. The molecule has 6 aliphatic rings. The standard InChI is InChI=1S/C36H37F4N3O5/c1-35(2)15-19-12-18(30-25-16-46-10-9-28(25)48-43-30)13-24(32(19)47-35)33(44)42-31-22-7-6-21(23(22)11-17-3-4-17)29(31)34(45)41-20-5-8-27(37)26(14-20)36(38,39)40/h5,8,11-14,17,21-22,25,28-29,31H,3-4,6-7,9-10,15-16H2,1-2H3,(H,41,45)(H,42,44)/b23-11-/t21-,22+,25?,28?,29-,31+/m0/s1. The Morgan fingerprint density at radius 2 is 1.81 bits per heavy atom. The molecule has 0 radical (unpaired) electrons. The minimum Gasteiger partial charge on any atom is -0.486 e. The Bertz CT molecular complexity index is 1750. The van der Waals surface area contributed by atoms with E-state index in [-0.39, 0.29) is 29.5 Å². The molecule has 2 N–H and O–H groups in total. The van der Waals surface area contributed by atoms with Crippen molar-refractivity contribution < 1.29 is 41.5 Å². The van der Waals surface area contributed by atoms with Gasteiger partial charge in [-0.1, -0.05) is 16.8 Å². The largest absolute Gasteiger partial charge is 0.486 e. The minimum absolute atomic E-state index is 0.0545. The molecule has 3 heterocycles.